The lowest BCUT2D eigenvalue weighted by Crippen LogP contribution is -2.68. The molecular weight excluding hydrogens is 590 g/mol. The van der Waals surface area contributed by atoms with Gasteiger partial charge in [0.05, 0.1) is 31.3 Å². The highest BCUT2D eigenvalue weighted by Crippen LogP contribution is 2.34. The van der Waals surface area contributed by atoms with Crippen LogP contribution in [0.1, 0.15) is 37.7 Å². The molecule has 0 aromatic heterocycles. The monoisotopic (exact) mass is 627 g/mol. The van der Waals surface area contributed by atoms with Gasteiger partial charge in [-0.2, -0.15) is 0 Å². The van der Waals surface area contributed by atoms with Crippen molar-refractivity contribution in [1.82, 2.24) is 10.6 Å². The van der Waals surface area contributed by atoms with Crippen molar-refractivity contribution >= 4 is 35.3 Å². The van der Waals surface area contributed by atoms with Crippen LogP contribution in [0.5, 0.6) is 0 Å². The molecule has 8 N–H and O–H groups in total. The lowest BCUT2D eigenvalue weighted by Gasteiger charge is -2.46. The molecular formula is C28H38ClN3O11. The van der Waals surface area contributed by atoms with Gasteiger partial charge >= 0.3 is 17.8 Å². The van der Waals surface area contributed by atoms with Crippen LogP contribution in [-0.4, -0.2) is 107 Å². The zero-order valence-electron chi connectivity index (χ0n) is 23.4. The molecule has 0 spiro atoms. The lowest BCUT2D eigenvalue weighted by molar-refractivity contribution is -0.310. The fourth-order valence-electron chi connectivity index (χ4n) is 4.37. The van der Waals surface area contributed by atoms with Crippen LogP contribution >= 0.6 is 11.6 Å². The fraction of sp³-hybridized carbons (Fsp3) is 0.571. The molecule has 14 nitrogen and oxygen atoms in total. The number of hydrogen-bond donors (Lipinski definition) is 7. The number of hydrogen-bond acceptors (Lipinski definition) is 10. The number of halogens is 1. The third-order valence-corrected chi connectivity index (χ3v) is 6.89. The van der Waals surface area contributed by atoms with E-state index in [0.29, 0.717) is 30.0 Å². The normalized spacial score (nSPS) is 23.0. The number of carboxylic acid groups (broad SMARTS) is 1. The van der Waals surface area contributed by atoms with E-state index >= 15 is 0 Å². The number of ether oxygens (including phenoxy) is 3. The molecule has 238 valence electrons. The van der Waals surface area contributed by atoms with Crippen LogP contribution in [0, 0.1) is 12.3 Å². The highest BCUT2D eigenvalue weighted by atomic mass is 35.5. The van der Waals surface area contributed by atoms with Gasteiger partial charge in [-0.3, -0.25) is 14.4 Å². The maximum absolute atomic E-state index is 12.4. The predicted octanol–water partition coefficient (Wildman–Crippen LogP) is -1.15. The van der Waals surface area contributed by atoms with Crippen molar-refractivity contribution in [3.63, 3.8) is 0 Å². The smallest absolute Gasteiger partial charge is 0.364 e. The van der Waals surface area contributed by atoms with Crippen molar-refractivity contribution in [3.8, 4) is 12.3 Å². The first-order valence-corrected chi connectivity index (χ1v) is 14.0. The van der Waals surface area contributed by atoms with E-state index in [9.17, 15) is 39.6 Å². The first kappa shape index (κ1) is 35.9. The van der Waals surface area contributed by atoms with E-state index in [1.165, 1.54) is 0 Å². The number of nitrogens with one attached hydrogen (secondary N) is 2. The summed E-state index contributed by atoms with van der Waals surface area (Å²) in [5, 5.41) is 47.5. The van der Waals surface area contributed by atoms with E-state index in [-0.39, 0.29) is 19.6 Å². The fourth-order valence-corrected chi connectivity index (χ4v) is 4.50. The molecule has 1 fully saturated rings. The van der Waals surface area contributed by atoms with E-state index in [1.54, 1.807) is 24.3 Å². The summed E-state index contributed by atoms with van der Waals surface area (Å²) >= 11 is 5.84. The van der Waals surface area contributed by atoms with Crippen molar-refractivity contribution in [1.29, 1.82) is 0 Å². The number of benzene rings is 1. The van der Waals surface area contributed by atoms with Crippen LogP contribution in [0.2, 0.25) is 5.02 Å². The molecule has 1 aromatic rings. The number of aliphatic hydroxyl groups excluding tert-OH is 3. The Morgan fingerprint density at radius 2 is 1.79 bits per heavy atom. The summed E-state index contributed by atoms with van der Waals surface area (Å²) in [6.07, 6.45) is -0.367. The molecule has 1 aliphatic heterocycles. The number of aliphatic hydroxyl groups is 3. The topological polar surface area (TPSA) is 227 Å². The second-order valence-electron chi connectivity index (χ2n) is 9.96. The predicted molar refractivity (Wildman–Crippen MR) is 151 cm³/mol. The van der Waals surface area contributed by atoms with Gasteiger partial charge in [-0.05, 0) is 30.5 Å². The molecule has 15 heteroatoms. The molecule has 0 radical (unpaired) electrons. The molecule has 6 atom stereocenters. The summed E-state index contributed by atoms with van der Waals surface area (Å²) in [7, 11) is 0. The number of unbranched alkanes of at least 4 members (excludes halogenated alkanes) is 3. The summed E-state index contributed by atoms with van der Waals surface area (Å²) in [6.45, 7) is 0.0737. The van der Waals surface area contributed by atoms with Gasteiger partial charge in [-0.25, -0.2) is 4.79 Å². The lowest BCUT2D eigenvalue weighted by atomic mass is 9.88. The van der Waals surface area contributed by atoms with Gasteiger partial charge < -0.3 is 51.0 Å². The van der Waals surface area contributed by atoms with Crippen LogP contribution < -0.4 is 16.4 Å². The van der Waals surface area contributed by atoms with Crippen LogP contribution in [0.3, 0.4) is 0 Å². The summed E-state index contributed by atoms with van der Waals surface area (Å²) < 4.78 is 16.4. The standard InChI is InChI=1S/C28H38ClN3O11/c1-2-11-41-12-5-3-4-6-13-42-28(27(39)40)15-19(33)22(32-26(38)25(30)37)24(43-28)23(36)20(34)16-31-21(35)14-17-7-9-18(29)10-8-17/h1,7-10,19-20,22-24,33-34,36H,3-6,11-16H2,(H2,30,37)(H,31,35)(H,32,38)(H,39,40)/t19-,20+,22+,23+,24+,28+/m0/s1. The number of carbonyl (C=O) groups excluding carboxylic acids is 3. The summed E-state index contributed by atoms with van der Waals surface area (Å²) in [6, 6.07) is 4.90. The molecule has 1 aromatic carbocycles. The first-order valence-electron chi connectivity index (χ1n) is 13.6. The second-order valence-corrected chi connectivity index (χ2v) is 10.4. The van der Waals surface area contributed by atoms with E-state index in [1.807, 2.05) is 0 Å². The van der Waals surface area contributed by atoms with Gasteiger partial charge in [0.2, 0.25) is 5.91 Å². The van der Waals surface area contributed by atoms with Crippen molar-refractivity contribution in [2.75, 3.05) is 26.4 Å². The molecule has 43 heavy (non-hydrogen) atoms. The van der Waals surface area contributed by atoms with Crippen molar-refractivity contribution in [2.24, 2.45) is 5.73 Å². The van der Waals surface area contributed by atoms with E-state index in [0.717, 1.165) is 12.8 Å². The van der Waals surface area contributed by atoms with E-state index in [4.69, 9.17) is 38.0 Å². The summed E-state index contributed by atoms with van der Waals surface area (Å²) in [4.78, 5) is 48.1. The molecule has 1 saturated heterocycles. The number of primary amides is 1. The highest BCUT2D eigenvalue weighted by Gasteiger charge is 2.56. The van der Waals surface area contributed by atoms with Gasteiger partial charge in [0, 0.05) is 24.6 Å². The third-order valence-electron chi connectivity index (χ3n) is 6.64. The quantitative estimate of drug-likeness (QED) is 0.0619. The Kier molecular flexibility index (Phi) is 14.8. The number of carboxylic acids is 1. The molecule has 1 aliphatic rings. The Morgan fingerprint density at radius 3 is 2.40 bits per heavy atom. The Balaban J connectivity index is 2.09. The van der Waals surface area contributed by atoms with E-state index < -0.39 is 72.9 Å². The second kappa shape index (κ2) is 17.7. The Morgan fingerprint density at radius 1 is 1.14 bits per heavy atom. The van der Waals surface area contributed by atoms with Crippen LogP contribution in [0.4, 0.5) is 0 Å². The Labute approximate surface area is 253 Å². The molecule has 1 heterocycles. The number of amides is 3. The number of carbonyl (C=O) groups is 4. The Hall–Kier alpha value is -3.29. The highest BCUT2D eigenvalue weighted by molar-refractivity contribution is 6.34. The van der Waals surface area contributed by atoms with Gasteiger partial charge in [0.1, 0.15) is 18.8 Å². The average molecular weight is 628 g/mol. The van der Waals surface area contributed by atoms with Crippen LogP contribution in [0.25, 0.3) is 0 Å². The van der Waals surface area contributed by atoms with Crippen LogP contribution in [-0.2, 0) is 39.8 Å². The van der Waals surface area contributed by atoms with Crippen molar-refractivity contribution in [3.05, 3.63) is 34.9 Å². The minimum atomic E-state index is -2.47. The minimum Gasteiger partial charge on any atom is -0.477 e. The van der Waals surface area contributed by atoms with Gasteiger partial charge in [0.15, 0.2) is 0 Å². The zero-order chi connectivity index (χ0) is 32.0. The Bertz CT molecular complexity index is 1130. The maximum atomic E-state index is 12.4. The van der Waals surface area contributed by atoms with Gasteiger partial charge in [0.25, 0.3) is 5.79 Å². The molecule has 0 unspecified atom stereocenters. The minimum absolute atomic E-state index is 0.0657. The number of aliphatic carboxylic acids is 1. The average Bonchev–Trinajstić information content (AvgIpc) is 2.96. The first-order chi connectivity index (χ1) is 20.4. The van der Waals surface area contributed by atoms with Gasteiger partial charge in [-0.1, -0.05) is 42.5 Å². The molecule has 0 saturated carbocycles. The molecule has 0 bridgehead atoms. The maximum Gasteiger partial charge on any atom is 0.364 e. The van der Waals surface area contributed by atoms with Crippen molar-refractivity contribution < 1.29 is 53.8 Å². The number of rotatable bonds is 17. The zero-order valence-corrected chi connectivity index (χ0v) is 24.2. The van der Waals surface area contributed by atoms with E-state index in [2.05, 4.69) is 16.6 Å². The molecule has 0 aliphatic carbocycles. The molecule has 3 amide bonds. The van der Waals surface area contributed by atoms with Crippen molar-refractivity contribution in [2.45, 2.75) is 74.8 Å². The van der Waals surface area contributed by atoms with Crippen LogP contribution in [0.15, 0.2) is 24.3 Å². The van der Waals surface area contributed by atoms with Gasteiger partial charge in [-0.15, -0.1) is 6.42 Å². The SMILES string of the molecule is C#CCOCCCCCCO[C@]1(C(=O)O)C[C@H](O)[C@@H](NC(=O)C(N)=O)[C@H]([C@H](O)[C@H](O)CNC(=O)Cc2ccc(Cl)cc2)O1. The number of terminal acetylenes is 1. The summed E-state index contributed by atoms with van der Waals surface area (Å²) in [5.74, 6) is -5.00. The summed E-state index contributed by atoms with van der Waals surface area (Å²) in [5.41, 5.74) is 5.63. The largest absolute Gasteiger partial charge is 0.477 e. The molecule has 2 rings (SSSR count). The number of nitrogens with two attached hydrogens (primary N) is 1. The third kappa shape index (κ3) is 11.4.